The summed E-state index contributed by atoms with van der Waals surface area (Å²) in [6, 6.07) is 7.99. The Bertz CT molecular complexity index is 888. The Kier molecular flexibility index (Phi) is 7.53. The van der Waals surface area contributed by atoms with Gasteiger partial charge in [0.1, 0.15) is 5.01 Å². The SMILES string of the molecule is Cc1ccc(CC(=O)N2CCN(CC(=O)NNC(=O)Cc3nc(C)cs3)CC2)cc1. The number of piperazine rings is 1. The molecule has 0 atom stereocenters. The van der Waals surface area contributed by atoms with Gasteiger partial charge in [-0.2, -0.15) is 0 Å². The van der Waals surface area contributed by atoms with Gasteiger partial charge in [0.15, 0.2) is 0 Å². The first-order valence-corrected chi connectivity index (χ1v) is 10.8. The highest BCUT2D eigenvalue weighted by Gasteiger charge is 2.22. The van der Waals surface area contributed by atoms with Crippen LogP contribution in [0.2, 0.25) is 0 Å². The standard InChI is InChI=1S/C21H27N5O3S/c1-15-3-5-17(6-4-15)11-21(29)26-9-7-25(8-10-26)13-19(28)24-23-18(27)12-20-22-16(2)14-30-20/h3-6,14H,7-13H2,1-2H3,(H,23,27)(H,24,28). The van der Waals surface area contributed by atoms with E-state index >= 15 is 0 Å². The molecule has 1 aromatic carbocycles. The van der Waals surface area contributed by atoms with Gasteiger partial charge in [0.2, 0.25) is 11.8 Å². The van der Waals surface area contributed by atoms with Crippen molar-refractivity contribution in [2.45, 2.75) is 26.7 Å². The van der Waals surface area contributed by atoms with E-state index in [-0.39, 0.29) is 30.7 Å². The number of rotatable bonds is 6. The van der Waals surface area contributed by atoms with E-state index in [1.54, 1.807) is 0 Å². The molecule has 0 aliphatic carbocycles. The van der Waals surface area contributed by atoms with E-state index in [9.17, 15) is 14.4 Å². The number of aromatic nitrogens is 1. The smallest absolute Gasteiger partial charge is 0.252 e. The Morgan fingerprint density at radius 3 is 2.27 bits per heavy atom. The number of thiazole rings is 1. The van der Waals surface area contributed by atoms with Crippen molar-refractivity contribution in [3.8, 4) is 0 Å². The molecule has 1 fully saturated rings. The van der Waals surface area contributed by atoms with E-state index < -0.39 is 0 Å². The second-order valence-electron chi connectivity index (χ2n) is 7.48. The number of nitrogens with one attached hydrogen (secondary N) is 2. The molecular formula is C21H27N5O3S. The Balaban J connectivity index is 1.34. The third-order valence-electron chi connectivity index (χ3n) is 4.89. The molecule has 2 aromatic rings. The van der Waals surface area contributed by atoms with Crippen LogP contribution in [0.4, 0.5) is 0 Å². The highest BCUT2D eigenvalue weighted by molar-refractivity contribution is 7.09. The van der Waals surface area contributed by atoms with E-state index in [0.717, 1.165) is 11.3 Å². The Morgan fingerprint density at radius 1 is 0.967 bits per heavy atom. The number of aryl methyl sites for hydroxylation is 2. The first-order chi connectivity index (χ1) is 14.4. The number of amides is 3. The third kappa shape index (κ3) is 6.64. The molecule has 2 N–H and O–H groups in total. The average Bonchev–Trinajstić information content (AvgIpc) is 3.13. The minimum atomic E-state index is -0.302. The van der Waals surface area contributed by atoms with Gasteiger partial charge in [-0.1, -0.05) is 29.8 Å². The maximum atomic E-state index is 12.5. The van der Waals surface area contributed by atoms with Crippen molar-refractivity contribution in [3.63, 3.8) is 0 Å². The molecule has 0 radical (unpaired) electrons. The van der Waals surface area contributed by atoms with Crippen molar-refractivity contribution in [2.24, 2.45) is 0 Å². The minimum Gasteiger partial charge on any atom is -0.340 e. The normalized spacial score (nSPS) is 14.4. The molecule has 3 rings (SSSR count). The largest absolute Gasteiger partial charge is 0.340 e. The Morgan fingerprint density at radius 2 is 1.63 bits per heavy atom. The summed E-state index contributed by atoms with van der Waals surface area (Å²) in [4.78, 5) is 44.5. The maximum Gasteiger partial charge on any atom is 0.252 e. The molecule has 2 heterocycles. The number of carbonyl (C=O) groups excluding carboxylic acids is 3. The molecular weight excluding hydrogens is 402 g/mol. The highest BCUT2D eigenvalue weighted by Crippen LogP contribution is 2.09. The minimum absolute atomic E-state index is 0.104. The third-order valence-corrected chi connectivity index (χ3v) is 5.85. The predicted molar refractivity (Wildman–Crippen MR) is 115 cm³/mol. The van der Waals surface area contributed by atoms with Crippen LogP contribution in [0.3, 0.4) is 0 Å². The highest BCUT2D eigenvalue weighted by atomic mass is 32.1. The molecule has 0 unspecified atom stereocenters. The monoisotopic (exact) mass is 429 g/mol. The molecule has 3 amide bonds. The zero-order valence-corrected chi connectivity index (χ0v) is 18.1. The van der Waals surface area contributed by atoms with E-state index in [0.29, 0.717) is 37.6 Å². The number of carbonyl (C=O) groups is 3. The van der Waals surface area contributed by atoms with E-state index in [1.165, 1.54) is 16.9 Å². The van der Waals surface area contributed by atoms with Gasteiger partial charge >= 0.3 is 0 Å². The van der Waals surface area contributed by atoms with Crippen LogP contribution in [0.1, 0.15) is 21.8 Å². The van der Waals surface area contributed by atoms with Crippen LogP contribution in [-0.4, -0.2) is 65.2 Å². The summed E-state index contributed by atoms with van der Waals surface area (Å²) < 4.78 is 0. The van der Waals surface area contributed by atoms with Gasteiger partial charge in [-0.25, -0.2) is 4.98 Å². The fraction of sp³-hybridized carbons (Fsp3) is 0.429. The van der Waals surface area contributed by atoms with Gasteiger partial charge in [0, 0.05) is 37.3 Å². The van der Waals surface area contributed by atoms with Gasteiger partial charge in [0.05, 0.1) is 19.4 Å². The molecule has 0 saturated carbocycles. The van der Waals surface area contributed by atoms with E-state index in [2.05, 4.69) is 15.8 Å². The number of hydrogen-bond donors (Lipinski definition) is 2. The number of hydrazine groups is 1. The van der Waals surface area contributed by atoms with Gasteiger partial charge in [-0.3, -0.25) is 30.1 Å². The molecule has 1 aromatic heterocycles. The topological polar surface area (TPSA) is 94.6 Å². The summed E-state index contributed by atoms with van der Waals surface area (Å²) in [6.45, 7) is 6.50. The Hall–Kier alpha value is -2.78. The fourth-order valence-corrected chi connectivity index (χ4v) is 3.97. The summed E-state index contributed by atoms with van der Waals surface area (Å²) in [6.07, 6.45) is 0.534. The second kappa shape index (κ2) is 10.3. The molecule has 9 heteroatoms. The number of hydrogen-bond acceptors (Lipinski definition) is 6. The number of nitrogens with zero attached hydrogens (tertiary/aromatic N) is 3. The second-order valence-corrected chi connectivity index (χ2v) is 8.42. The lowest BCUT2D eigenvalue weighted by Crippen LogP contribution is -2.53. The molecule has 160 valence electrons. The van der Waals surface area contributed by atoms with Gasteiger partial charge in [-0.15, -0.1) is 11.3 Å². The van der Waals surface area contributed by atoms with Crippen LogP contribution in [0.25, 0.3) is 0 Å². The predicted octanol–water partition coefficient (Wildman–Crippen LogP) is 0.837. The van der Waals surface area contributed by atoms with Crippen molar-refractivity contribution >= 4 is 29.1 Å². The molecule has 0 bridgehead atoms. The van der Waals surface area contributed by atoms with Crippen molar-refractivity contribution in [2.75, 3.05) is 32.7 Å². The molecule has 1 aliphatic rings. The lowest BCUT2D eigenvalue weighted by molar-refractivity contribution is -0.133. The summed E-state index contributed by atoms with van der Waals surface area (Å²) in [5, 5.41) is 2.59. The van der Waals surface area contributed by atoms with Gasteiger partial charge in [0.25, 0.3) is 5.91 Å². The zero-order chi connectivity index (χ0) is 21.5. The van der Waals surface area contributed by atoms with Crippen LogP contribution < -0.4 is 10.9 Å². The van der Waals surface area contributed by atoms with Crippen LogP contribution in [-0.2, 0) is 27.2 Å². The van der Waals surface area contributed by atoms with Crippen molar-refractivity contribution < 1.29 is 14.4 Å². The summed E-state index contributed by atoms with van der Waals surface area (Å²) in [7, 11) is 0. The first-order valence-electron chi connectivity index (χ1n) is 9.93. The van der Waals surface area contributed by atoms with Crippen LogP contribution in [0.5, 0.6) is 0 Å². The van der Waals surface area contributed by atoms with Crippen molar-refractivity contribution in [3.05, 3.63) is 51.5 Å². The lowest BCUT2D eigenvalue weighted by atomic mass is 10.1. The quantitative estimate of drug-likeness (QED) is 0.664. The Labute approximate surface area is 180 Å². The van der Waals surface area contributed by atoms with E-state index in [4.69, 9.17) is 0 Å². The molecule has 30 heavy (non-hydrogen) atoms. The summed E-state index contributed by atoms with van der Waals surface area (Å²) >= 11 is 1.42. The van der Waals surface area contributed by atoms with Crippen LogP contribution >= 0.6 is 11.3 Å². The van der Waals surface area contributed by atoms with Crippen molar-refractivity contribution in [1.29, 1.82) is 0 Å². The van der Waals surface area contributed by atoms with E-state index in [1.807, 2.05) is 53.3 Å². The fourth-order valence-electron chi connectivity index (χ4n) is 3.20. The number of benzene rings is 1. The zero-order valence-electron chi connectivity index (χ0n) is 17.3. The lowest BCUT2D eigenvalue weighted by Gasteiger charge is -2.34. The van der Waals surface area contributed by atoms with Gasteiger partial charge < -0.3 is 4.90 Å². The first kappa shape index (κ1) is 21.9. The molecule has 1 aliphatic heterocycles. The molecule has 0 spiro atoms. The summed E-state index contributed by atoms with van der Waals surface area (Å²) in [5.74, 6) is -0.477. The van der Waals surface area contributed by atoms with Crippen LogP contribution in [0, 0.1) is 13.8 Å². The summed E-state index contributed by atoms with van der Waals surface area (Å²) in [5.41, 5.74) is 7.93. The van der Waals surface area contributed by atoms with Crippen LogP contribution in [0.15, 0.2) is 29.6 Å². The van der Waals surface area contributed by atoms with Gasteiger partial charge in [-0.05, 0) is 19.4 Å². The molecule has 1 saturated heterocycles. The maximum absolute atomic E-state index is 12.5. The average molecular weight is 430 g/mol. The molecule has 8 nitrogen and oxygen atoms in total. The van der Waals surface area contributed by atoms with Crippen molar-refractivity contribution in [1.82, 2.24) is 25.6 Å².